The van der Waals surface area contributed by atoms with Gasteiger partial charge in [-0.25, -0.2) is 4.98 Å². The van der Waals surface area contributed by atoms with Gasteiger partial charge in [-0.1, -0.05) is 41.7 Å². The van der Waals surface area contributed by atoms with Gasteiger partial charge in [0.25, 0.3) is 0 Å². The molecule has 0 atom stereocenters. The van der Waals surface area contributed by atoms with E-state index in [2.05, 4.69) is 23.7 Å². The second-order valence-electron chi connectivity index (χ2n) is 4.97. The predicted octanol–water partition coefficient (Wildman–Crippen LogP) is 3.48. The highest BCUT2D eigenvalue weighted by atomic mass is 32.1. The van der Waals surface area contributed by atoms with Crippen LogP contribution in [0.15, 0.2) is 30.3 Å². The molecule has 1 aromatic heterocycles. The molecule has 0 fully saturated rings. The lowest BCUT2D eigenvalue weighted by Crippen LogP contribution is -2.33. The fourth-order valence-electron chi connectivity index (χ4n) is 2.09. The molecule has 21 heavy (non-hydrogen) atoms. The van der Waals surface area contributed by atoms with Crippen LogP contribution in [-0.4, -0.2) is 37.6 Å². The molecule has 0 saturated heterocycles. The van der Waals surface area contributed by atoms with Crippen LogP contribution in [0.2, 0.25) is 0 Å². The number of hydrogen-bond donors (Lipinski definition) is 0. The second-order valence-corrected chi connectivity index (χ2v) is 5.98. The Labute approximate surface area is 129 Å². The summed E-state index contributed by atoms with van der Waals surface area (Å²) in [6.07, 6.45) is 0.887. The lowest BCUT2D eigenvalue weighted by molar-refractivity contribution is 0.112. The maximum atomic E-state index is 11.3. The molecular formula is C16H20N2O2S. The first-order valence-electron chi connectivity index (χ1n) is 6.94. The number of methoxy groups -OCH3 is 1. The number of anilines is 1. The Balaban J connectivity index is 2.37. The van der Waals surface area contributed by atoms with Crippen molar-refractivity contribution >= 4 is 22.8 Å². The predicted molar refractivity (Wildman–Crippen MR) is 87.3 cm³/mol. The Hall–Kier alpha value is -1.72. The lowest BCUT2D eigenvalue weighted by atomic mass is 10.1. The standard InChI is InChI=1S/C16H20N2O2S/c1-12(2)18(9-10-20-3)16-17-15(14(11-19)21-16)13-7-5-4-6-8-13/h4-8,11-12H,9-10H2,1-3H3. The van der Waals surface area contributed by atoms with Gasteiger partial charge in [0.15, 0.2) is 11.4 Å². The molecule has 0 spiro atoms. The fourth-order valence-corrected chi connectivity index (χ4v) is 3.15. The van der Waals surface area contributed by atoms with E-state index in [1.54, 1.807) is 7.11 Å². The number of rotatable bonds is 7. The normalized spacial score (nSPS) is 10.9. The van der Waals surface area contributed by atoms with Crippen LogP contribution in [0.25, 0.3) is 11.3 Å². The van der Waals surface area contributed by atoms with Crippen molar-refractivity contribution in [1.82, 2.24) is 4.98 Å². The third-order valence-electron chi connectivity index (χ3n) is 3.20. The fraction of sp³-hybridized carbons (Fsp3) is 0.375. The number of aromatic nitrogens is 1. The van der Waals surface area contributed by atoms with Crippen LogP contribution in [0.4, 0.5) is 5.13 Å². The van der Waals surface area contributed by atoms with Gasteiger partial charge >= 0.3 is 0 Å². The van der Waals surface area contributed by atoms with Crippen molar-refractivity contribution in [2.45, 2.75) is 19.9 Å². The number of aldehydes is 1. The van der Waals surface area contributed by atoms with Gasteiger partial charge in [0.1, 0.15) is 0 Å². The van der Waals surface area contributed by atoms with Crippen molar-refractivity contribution in [2.75, 3.05) is 25.2 Å². The Bertz CT molecular complexity index is 581. The molecule has 1 aromatic carbocycles. The van der Waals surface area contributed by atoms with Crippen molar-refractivity contribution in [2.24, 2.45) is 0 Å². The summed E-state index contributed by atoms with van der Waals surface area (Å²) in [5, 5.41) is 0.864. The Morgan fingerprint density at radius 3 is 2.62 bits per heavy atom. The largest absolute Gasteiger partial charge is 0.383 e. The minimum atomic E-state index is 0.300. The van der Waals surface area contributed by atoms with E-state index >= 15 is 0 Å². The van der Waals surface area contributed by atoms with E-state index in [-0.39, 0.29) is 0 Å². The smallest absolute Gasteiger partial charge is 0.186 e. The second kappa shape index (κ2) is 7.33. The molecule has 0 aliphatic heterocycles. The SMILES string of the molecule is COCCN(c1nc(-c2ccccc2)c(C=O)s1)C(C)C. The number of hydrogen-bond acceptors (Lipinski definition) is 5. The van der Waals surface area contributed by atoms with Crippen LogP contribution in [0.5, 0.6) is 0 Å². The quantitative estimate of drug-likeness (QED) is 0.734. The number of thiazole rings is 1. The van der Waals surface area contributed by atoms with Crippen molar-refractivity contribution in [3.05, 3.63) is 35.2 Å². The average molecular weight is 304 g/mol. The van der Waals surface area contributed by atoms with Gasteiger partial charge in [-0.05, 0) is 13.8 Å². The maximum Gasteiger partial charge on any atom is 0.186 e. The summed E-state index contributed by atoms with van der Waals surface area (Å²) < 4.78 is 5.16. The highest BCUT2D eigenvalue weighted by molar-refractivity contribution is 7.17. The number of ether oxygens (including phenoxy) is 1. The minimum Gasteiger partial charge on any atom is -0.383 e. The van der Waals surface area contributed by atoms with E-state index in [1.807, 2.05) is 30.3 Å². The summed E-state index contributed by atoms with van der Waals surface area (Å²) in [6, 6.07) is 10.1. The molecule has 2 aromatic rings. The van der Waals surface area contributed by atoms with E-state index < -0.39 is 0 Å². The average Bonchev–Trinajstić information content (AvgIpc) is 2.92. The monoisotopic (exact) mass is 304 g/mol. The molecule has 0 N–H and O–H groups in total. The summed E-state index contributed by atoms with van der Waals surface area (Å²) in [7, 11) is 1.69. The topological polar surface area (TPSA) is 42.4 Å². The Morgan fingerprint density at radius 2 is 2.05 bits per heavy atom. The summed E-state index contributed by atoms with van der Waals surface area (Å²) in [5.41, 5.74) is 1.73. The van der Waals surface area contributed by atoms with E-state index in [0.29, 0.717) is 17.5 Å². The first-order chi connectivity index (χ1) is 10.2. The molecule has 4 nitrogen and oxygen atoms in total. The highest BCUT2D eigenvalue weighted by Crippen LogP contribution is 2.32. The van der Waals surface area contributed by atoms with Gasteiger partial charge in [-0.3, -0.25) is 4.79 Å². The van der Waals surface area contributed by atoms with Crippen LogP contribution < -0.4 is 4.90 Å². The van der Waals surface area contributed by atoms with Crippen LogP contribution >= 0.6 is 11.3 Å². The zero-order valence-corrected chi connectivity index (χ0v) is 13.4. The number of carbonyl (C=O) groups is 1. The minimum absolute atomic E-state index is 0.300. The van der Waals surface area contributed by atoms with Crippen LogP contribution in [0.1, 0.15) is 23.5 Å². The third-order valence-corrected chi connectivity index (χ3v) is 4.22. The molecule has 0 unspecified atom stereocenters. The molecular weight excluding hydrogens is 284 g/mol. The van der Waals surface area contributed by atoms with E-state index in [4.69, 9.17) is 4.74 Å². The number of benzene rings is 1. The molecule has 0 bridgehead atoms. The van der Waals surface area contributed by atoms with Crippen molar-refractivity contribution < 1.29 is 9.53 Å². The van der Waals surface area contributed by atoms with Gasteiger partial charge in [0.2, 0.25) is 0 Å². The molecule has 2 rings (SSSR count). The number of carbonyl (C=O) groups excluding carboxylic acids is 1. The molecule has 0 amide bonds. The maximum absolute atomic E-state index is 11.3. The lowest BCUT2D eigenvalue weighted by Gasteiger charge is -2.25. The zero-order valence-electron chi connectivity index (χ0n) is 12.6. The highest BCUT2D eigenvalue weighted by Gasteiger charge is 2.19. The van der Waals surface area contributed by atoms with Gasteiger partial charge in [0.05, 0.1) is 17.2 Å². The summed E-state index contributed by atoms with van der Waals surface area (Å²) in [6.45, 7) is 5.61. The molecule has 5 heteroatoms. The molecule has 1 heterocycles. The molecule has 0 saturated carbocycles. The summed E-state index contributed by atoms with van der Waals surface area (Å²) in [4.78, 5) is 18.9. The van der Waals surface area contributed by atoms with Crippen LogP contribution in [0, 0.1) is 0 Å². The van der Waals surface area contributed by atoms with Gasteiger partial charge in [0, 0.05) is 25.3 Å². The van der Waals surface area contributed by atoms with E-state index in [9.17, 15) is 4.79 Å². The third kappa shape index (κ3) is 3.68. The number of nitrogens with zero attached hydrogens (tertiary/aromatic N) is 2. The first-order valence-corrected chi connectivity index (χ1v) is 7.76. The van der Waals surface area contributed by atoms with Gasteiger partial charge in [-0.15, -0.1) is 0 Å². The molecule has 0 aliphatic carbocycles. The van der Waals surface area contributed by atoms with Crippen molar-refractivity contribution in [3.8, 4) is 11.3 Å². The van der Waals surface area contributed by atoms with Gasteiger partial charge in [-0.2, -0.15) is 0 Å². The van der Waals surface area contributed by atoms with Crippen LogP contribution in [-0.2, 0) is 4.74 Å². The van der Waals surface area contributed by atoms with E-state index in [1.165, 1.54) is 11.3 Å². The Kier molecular flexibility index (Phi) is 5.47. The summed E-state index contributed by atoms with van der Waals surface area (Å²) in [5.74, 6) is 0. The molecule has 112 valence electrons. The van der Waals surface area contributed by atoms with Crippen molar-refractivity contribution in [1.29, 1.82) is 0 Å². The molecule has 0 aliphatic rings. The van der Waals surface area contributed by atoms with Crippen LogP contribution in [0.3, 0.4) is 0 Å². The van der Waals surface area contributed by atoms with E-state index in [0.717, 1.165) is 29.2 Å². The summed E-state index contributed by atoms with van der Waals surface area (Å²) >= 11 is 1.43. The van der Waals surface area contributed by atoms with Gasteiger partial charge < -0.3 is 9.64 Å². The molecule has 0 radical (unpaired) electrons. The Morgan fingerprint density at radius 1 is 1.33 bits per heavy atom. The van der Waals surface area contributed by atoms with Crippen molar-refractivity contribution in [3.63, 3.8) is 0 Å². The zero-order chi connectivity index (χ0) is 15.2. The first kappa shape index (κ1) is 15.7.